The van der Waals surface area contributed by atoms with Crippen molar-refractivity contribution in [3.63, 3.8) is 0 Å². The molecule has 0 unspecified atom stereocenters. The summed E-state index contributed by atoms with van der Waals surface area (Å²) in [6.45, 7) is 0. The van der Waals surface area contributed by atoms with Crippen LogP contribution in [0.15, 0.2) is 48.1 Å². The quantitative estimate of drug-likeness (QED) is 0.647. The first-order valence-electron chi connectivity index (χ1n) is 6.97. The molecule has 1 aromatic carbocycles. The van der Waals surface area contributed by atoms with Gasteiger partial charge in [-0.3, -0.25) is 4.98 Å². The summed E-state index contributed by atoms with van der Waals surface area (Å²) >= 11 is 7.71. The Kier molecular flexibility index (Phi) is 3.24. The van der Waals surface area contributed by atoms with Gasteiger partial charge < -0.3 is 0 Å². The first kappa shape index (κ1) is 13.0. The molecule has 0 N–H and O–H groups in total. The molecule has 104 valence electrons. The minimum absolute atomic E-state index is 0.694. The van der Waals surface area contributed by atoms with Crippen LogP contribution in [-0.2, 0) is 0 Å². The van der Waals surface area contributed by atoms with Crippen LogP contribution in [-0.4, -0.2) is 9.97 Å². The maximum Gasteiger partial charge on any atom is 0.124 e. The van der Waals surface area contributed by atoms with Gasteiger partial charge in [-0.25, -0.2) is 4.98 Å². The molecule has 3 aromatic rings. The van der Waals surface area contributed by atoms with Gasteiger partial charge in [-0.1, -0.05) is 23.7 Å². The zero-order chi connectivity index (χ0) is 14.2. The van der Waals surface area contributed by atoms with Crippen LogP contribution in [0.3, 0.4) is 0 Å². The molecule has 2 aromatic heterocycles. The molecule has 4 heteroatoms. The number of hydrogen-bond donors (Lipinski definition) is 0. The van der Waals surface area contributed by atoms with Crippen LogP contribution in [0.1, 0.15) is 24.3 Å². The van der Waals surface area contributed by atoms with E-state index in [0.717, 1.165) is 21.3 Å². The SMILES string of the molecule is Clc1cccc(-c2nc(-c3cnccc3C3CC3)cs2)c1. The van der Waals surface area contributed by atoms with Crippen molar-refractivity contribution in [2.75, 3.05) is 0 Å². The Morgan fingerprint density at radius 1 is 1.19 bits per heavy atom. The van der Waals surface area contributed by atoms with E-state index in [4.69, 9.17) is 16.6 Å². The summed E-state index contributed by atoms with van der Waals surface area (Å²) in [5.74, 6) is 0.694. The number of aromatic nitrogens is 2. The Morgan fingerprint density at radius 2 is 2.10 bits per heavy atom. The van der Waals surface area contributed by atoms with Crippen molar-refractivity contribution in [2.45, 2.75) is 18.8 Å². The van der Waals surface area contributed by atoms with Crippen molar-refractivity contribution in [3.05, 3.63) is 58.7 Å². The van der Waals surface area contributed by atoms with E-state index >= 15 is 0 Å². The van der Waals surface area contributed by atoms with Gasteiger partial charge in [0.2, 0.25) is 0 Å². The number of pyridine rings is 1. The molecule has 2 nitrogen and oxygen atoms in total. The lowest BCUT2D eigenvalue weighted by Crippen LogP contribution is -1.89. The zero-order valence-corrected chi connectivity index (χ0v) is 12.9. The van der Waals surface area contributed by atoms with Gasteiger partial charge in [0, 0.05) is 33.9 Å². The molecule has 1 fully saturated rings. The Bertz CT molecular complexity index is 793. The summed E-state index contributed by atoms with van der Waals surface area (Å²) in [5.41, 5.74) is 4.64. The highest BCUT2D eigenvalue weighted by Crippen LogP contribution is 2.44. The maximum absolute atomic E-state index is 6.06. The van der Waals surface area contributed by atoms with Crippen molar-refractivity contribution in [2.24, 2.45) is 0 Å². The molecule has 4 rings (SSSR count). The van der Waals surface area contributed by atoms with Crippen LogP contribution < -0.4 is 0 Å². The predicted octanol–water partition coefficient (Wildman–Crippen LogP) is 5.40. The van der Waals surface area contributed by atoms with E-state index in [-0.39, 0.29) is 0 Å². The fraction of sp³-hybridized carbons (Fsp3) is 0.176. The molecule has 0 radical (unpaired) electrons. The third-order valence-corrected chi connectivity index (χ3v) is 4.85. The standard InChI is InChI=1S/C17H13ClN2S/c18-13-3-1-2-12(8-13)17-20-16(10-21-17)15-9-19-7-6-14(15)11-4-5-11/h1-3,6-11H,4-5H2. The molecule has 0 saturated heterocycles. The maximum atomic E-state index is 6.06. The molecular weight excluding hydrogens is 300 g/mol. The first-order valence-corrected chi connectivity index (χ1v) is 8.23. The van der Waals surface area contributed by atoms with Gasteiger partial charge in [-0.05, 0) is 42.5 Å². The molecule has 1 aliphatic carbocycles. The summed E-state index contributed by atoms with van der Waals surface area (Å²) in [4.78, 5) is 9.05. The van der Waals surface area contributed by atoms with Gasteiger partial charge in [-0.15, -0.1) is 11.3 Å². The molecule has 0 atom stereocenters. The Labute approximate surface area is 132 Å². The molecule has 0 amide bonds. The minimum atomic E-state index is 0.694. The average molecular weight is 313 g/mol. The van der Waals surface area contributed by atoms with E-state index in [2.05, 4.69) is 16.4 Å². The summed E-state index contributed by atoms with van der Waals surface area (Å²) in [6, 6.07) is 9.96. The Morgan fingerprint density at radius 3 is 2.90 bits per heavy atom. The topological polar surface area (TPSA) is 25.8 Å². The van der Waals surface area contributed by atoms with E-state index in [9.17, 15) is 0 Å². The first-order chi connectivity index (χ1) is 10.3. The van der Waals surface area contributed by atoms with Gasteiger partial charge in [-0.2, -0.15) is 0 Å². The molecule has 21 heavy (non-hydrogen) atoms. The highest BCUT2D eigenvalue weighted by atomic mass is 35.5. The fourth-order valence-corrected chi connectivity index (χ4v) is 3.53. The lowest BCUT2D eigenvalue weighted by Gasteiger charge is -2.04. The Balaban J connectivity index is 1.75. The third kappa shape index (κ3) is 2.59. The third-order valence-electron chi connectivity index (χ3n) is 3.72. The van der Waals surface area contributed by atoms with Gasteiger partial charge in [0.05, 0.1) is 5.69 Å². The molecule has 2 heterocycles. The summed E-state index contributed by atoms with van der Waals surface area (Å²) in [6.07, 6.45) is 6.37. The van der Waals surface area contributed by atoms with Gasteiger partial charge >= 0.3 is 0 Å². The molecule has 0 bridgehead atoms. The second kappa shape index (κ2) is 5.24. The molecule has 1 saturated carbocycles. The second-order valence-electron chi connectivity index (χ2n) is 5.29. The van der Waals surface area contributed by atoms with Crippen LogP contribution in [0, 0.1) is 0 Å². The lowest BCUT2D eigenvalue weighted by molar-refractivity contribution is 1.11. The van der Waals surface area contributed by atoms with Gasteiger partial charge in [0.1, 0.15) is 5.01 Å². The van der Waals surface area contributed by atoms with Crippen LogP contribution in [0.2, 0.25) is 5.02 Å². The van der Waals surface area contributed by atoms with Crippen LogP contribution >= 0.6 is 22.9 Å². The van der Waals surface area contributed by atoms with E-state index in [1.807, 2.05) is 36.7 Å². The average Bonchev–Trinajstić information content (AvgIpc) is 3.24. The van der Waals surface area contributed by atoms with E-state index < -0.39 is 0 Å². The monoisotopic (exact) mass is 312 g/mol. The van der Waals surface area contributed by atoms with E-state index in [1.165, 1.54) is 24.0 Å². The number of benzene rings is 1. The highest BCUT2D eigenvalue weighted by Gasteiger charge is 2.27. The minimum Gasteiger partial charge on any atom is -0.264 e. The number of thiazole rings is 1. The smallest absolute Gasteiger partial charge is 0.124 e. The van der Waals surface area contributed by atoms with Gasteiger partial charge in [0.25, 0.3) is 0 Å². The number of halogens is 1. The van der Waals surface area contributed by atoms with Crippen molar-refractivity contribution in [3.8, 4) is 21.8 Å². The van der Waals surface area contributed by atoms with Crippen molar-refractivity contribution < 1.29 is 0 Å². The van der Waals surface area contributed by atoms with Crippen molar-refractivity contribution in [1.82, 2.24) is 9.97 Å². The summed E-state index contributed by atoms with van der Waals surface area (Å²) in [7, 11) is 0. The second-order valence-corrected chi connectivity index (χ2v) is 6.58. The molecule has 1 aliphatic rings. The fourth-order valence-electron chi connectivity index (χ4n) is 2.52. The van der Waals surface area contributed by atoms with Crippen molar-refractivity contribution in [1.29, 1.82) is 0 Å². The summed E-state index contributed by atoms with van der Waals surface area (Å²) < 4.78 is 0. The molecule has 0 aliphatic heterocycles. The number of hydrogen-bond acceptors (Lipinski definition) is 3. The number of nitrogens with zero attached hydrogens (tertiary/aromatic N) is 2. The van der Waals surface area contributed by atoms with Crippen molar-refractivity contribution >= 4 is 22.9 Å². The van der Waals surface area contributed by atoms with Crippen LogP contribution in [0.4, 0.5) is 0 Å². The highest BCUT2D eigenvalue weighted by molar-refractivity contribution is 7.13. The zero-order valence-electron chi connectivity index (χ0n) is 11.3. The van der Waals surface area contributed by atoms with E-state index in [1.54, 1.807) is 11.3 Å². The largest absolute Gasteiger partial charge is 0.264 e. The predicted molar refractivity (Wildman–Crippen MR) is 87.8 cm³/mol. The van der Waals surface area contributed by atoms with Crippen LogP contribution in [0.5, 0.6) is 0 Å². The lowest BCUT2D eigenvalue weighted by atomic mass is 10.0. The number of rotatable bonds is 3. The van der Waals surface area contributed by atoms with Crippen LogP contribution in [0.25, 0.3) is 21.8 Å². The normalized spacial score (nSPS) is 14.3. The Hall–Kier alpha value is -1.71. The van der Waals surface area contributed by atoms with Gasteiger partial charge in [0.15, 0.2) is 0 Å². The van der Waals surface area contributed by atoms with E-state index in [0.29, 0.717) is 5.92 Å². The molecular formula is C17H13ClN2S. The molecule has 0 spiro atoms. The summed E-state index contributed by atoms with van der Waals surface area (Å²) in [5, 5.41) is 3.85.